The Kier molecular flexibility index (Phi) is 4.21. The first-order valence-electron chi connectivity index (χ1n) is 8.69. The van der Waals surface area contributed by atoms with Gasteiger partial charge in [0.2, 0.25) is 0 Å². The number of carboxylic acids is 1. The molecule has 1 aliphatic rings. The quantitative estimate of drug-likeness (QED) is 0.735. The molecule has 2 aromatic carbocycles. The van der Waals surface area contributed by atoms with Gasteiger partial charge in [0.15, 0.2) is 0 Å². The highest BCUT2D eigenvalue weighted by molar-refractivity contribution is 5.87. The molecule has 0 atom stereocenters. The molecule has 0 heterocycles. The first-order valence-corrected chi connectivity index (χ1v) is 8.69. The number of rotatable bonds is 1. The minimum Gasteiger partial charge on any atom is -0.478 e. The first-order chi connectivity index (χ1) is 11.7. The van der Waals surface area contributed by atoms with Gasteiger partial charge < -0.3 is 5.11 Å². The molecule has 3 rings (SSSR count). The Morgan fingerprint density at radius 3 is 1.96 bits per heavy atom. The van der Waals surface area contributed by atoms with Gasteiger partial charge in [-0.25, -0.2) is 4.79 Å². The number of aromatic carboxylic acids is 1. The summed E-state index contributed by atoms with van der Waals surface area (Å²) >= 11 is 0. The molecule has 0 saturated heterocycles. The molecule has 1 N–H and O–H groups in total. The van der Waals surface area contributed by atoms with Gasteiger partial charge in [-0.2, -0.15) is 0 Å². The van der Waals surface area contributed by atoms with E-state index in [1.54, 1.807) is 24.3 Å². The molecule has 0 aromatic heterocycles. The molecular formula is C23H24O2. The molecule has 2 aromatic rings. The third-order valence-corrected chi connectivity index (χ3v) is 5.34. The standard InChI is InChI=1S/C23H24O2/c1-22(2)13-14-23(3,4)20-15-17(9-12-19(20)22)6-5-16-7-10-18(11-8-16)21(24)25/h7-12,15H,13-14H2,1-4H3,(H,24,25). The van der Waals surface area contributed by atoms with Crippen LogP contribution in [0.4, 0.5) is 0 Å². The molecule has 2 nitrogen and oxygen atoms in total. The Morgan fingerprint density at radius 1 is 0.840 bits per heavy atom. The van der Waals surface area contributed by atoms with Crippen LogP contribution < -0.4 is 0 Å². The van der Waals surface area contributed by atoms with E-state index in [4.69, 9.17) is 5.11 Å². The van der Waals surface area contributed by atoms with E-state index in [0.29, 0.717) is 0 Å². The summed E-state index contributed by atoms with van der Waals surface area (Å²) in [7, 11) is 0. The van der Waals surface area contributed by atoms with E-state index in [-0.39, 0.29) is 16.4 Å². The number of carbonyl (C=O) groups is 1. The molecule has 1 aliphatic carbocycles. The van der Waals surface area contributed by atoms with Crippen LogP contribution in [0.5, 0.6) is 0 Å². The van der Waals surface area contributed by atoms with Crippen LogP contribution in [0.3, 0.4) is 0 Å². The largest absolute Gasteiger partial charge is 0.478 e. The average Bonchev–Trinajstić information content (AvgIpc) is 2.57. The lowest BCUT2D eigenvalue weighted by Gasteiger charge is -2.41. The van der Waals surface area contributed by atoms with Gasteiger partial charge in [-0.1, -0.05) is 45.6 Å². The number of carboxylic acid groups (broad SMARTS) is 1. The summed E-state index contributed by atoms with van der Waals surface area (Å²) in [5, 5.41) is 8.95. The highest BCUT2D eigenvalue weighted by Gasteiger charge is 2.36. The number of benzene rings is 2. The van der Waals surface area contributed by atoms with E-state index >= 15 is 0 Å². The van der Waals surface area contributed by atoms with Gasteiger partial charge >= 0.3 is 5.97 Å². The predicted molar refractivity (Wildman–Crippen MR) is 101 cm³/mol. The van der Waals surface area contributed by atoms with E-state index in [9.17, 15) is 4.79 Å². The highest BCUT2D eigenvalue weighted by atomic mass is 16.4. The van der Waals surface area contributed by atoms with E-state index in [0.717, 1.165) is 11.1 Å². The van der Waals surface area contributed by atoms with Crippen molar-refractivity contribution in [2.24, 2.45) is 0 Å². The Morgan fingerprint density at radius 2 is 1.36 bits per heavy atom. The van der Waals surface area contributed by atoms with Crippen molar-refractivity contribution in [1.82, 2.24) is 0 Å². The topological polar surface area (TPSA) is 37.3 Å². The van der Waals surface area contributed by atoms with Crippen molar-refractivity contribution in [2.75, 3.05) is 0 Å². The third-order valence-electron chi connectivity index (χ3n) is 5.34. The summed E-state index contributed by atoms with van der Waals surface area (Å²) in [6, 6.07) is 13.2. The summed E-state index contributed by atoms with van der Waals surface area (Å²) in [5.74, 6) is 5.45. The van der Waals surface area contributed by atoms with Crippen molar-refractivity contribution in [3.8, 4) is 11.8 Å². The molecule has 0 aliphatic heterocycles. The molecule has 0 fully saturated rings. The lowest BCUT2D eigenvalue weighted by Crippen LogP contribution is -2.33. The van der Waals surface area contributed by atoms with Crippen molar-refractivity contribution in [3.05, 3.63) is 70.3 Å². The fourth-order valence-electron chi connectivity index (χ4n) is 3.51. The molecule has 0 unspecified atom stereocenters. The van der Waals surface area contributed by atoms with E-state index in [1.165, 1.54) is 24.0 Å². The lowest BCUT2D eigenvalue weighted by atomic mass is 9.63. The van der Waals surface area contributed by atoms with Crippen LogP contribution in [0, 0.1) is 11.8 Å². The maximum Gasteiger partial charge on any atom is 0.335 e. The van der Waals surface area contributed by atoms with Crippen molar-refractivity contribution in [3.63, 3.8) is 0 Å². The van der Waals surface area contributed by atoms with E-state index < -0.39 is 5.97 Å². The van der Waals surface area contributed by atoms with Crippen molar-refractivity contribution < 1.29 is 9.90 Å². The molecule has 2 heteroatoms. The predicted octanol–water partition coefficient (Wildman–Crippen LogP) is 5.13. The highest BCUT2D eigenvalue weighted by Crippen LogP contribution is 2.45. The van der Waals surface area contributed by atoms with Gasteiger partial charge in [-0.15, -0.1) is 0 Å². The Balaban J connectivity index is 1.94. The normalized spacial score (nSPS) is 17.1. The van der Waals surface area contributed by atoms with E-state index in [2.05, 4.69) is 57.7 Å². The Bertz CT molecular complexity index is 875. The van der Waals surface area contributed by atoms with E-state index in [1.807, 2.05) is 0 Å². The fourth-order valence-corrected chi connectivity index (χ4v) is 3.51. The van der Waals surface area contributed by atoms with Crippen molar-refractivity contribution in [1.29, 1.82) is 0 Å². The van der Waals surface area contributed by atoms with Crippen LogP contribution in [0.1, 0.15) is 73.1 Å². The zero-order valence-corrected chi connectivity index (χ0v) is 15.3. The van der Waals surface area contributed by atoms with Gasteiger partial charge in [-0.3, -0.25) is 0 Å². The Labute approximate surface area is 149 Å². The zero-order chi connectivity index (χ0) is 18.2. The van der Waals surface area contributed by atoms with Crippen LogP contribution in [0.2, 0.25) is 0 Å². The minimum atomic E-state index is -0.918. The van der Waals surface area contributed by atoms with Gasteiger partial charge in [0, 0.05) is 11.1 Å². The number of hydrogen-bond acceptors (Lipinski definition) is 1. The van der Waals surface area contributed by atoms with Crippen LogP contribution in [-0.4, -0.2) is 11.1 Å². The van der Waals surface area contributed by atoms with Gasteiger partial charge in [0.25, 0.3) is 0 Å². The van der Waals surface area contributed by atoms with Gasteiger partial charge in [0.05, 0.1) is 5.56 Å². The van der Waals surface area contributed by atoms with Gasteiger partial charge in [-0.05, 0) is 71.2 Å². The van der Waals surface area contributed by atoms with Crippen LogP contribution in [0.25, 0.3) is 0 Å². The second-order valence-corrected chi connectivity index (χ2v) is 8.16. The number of fused-ring (bicyclic) bond motifs is 1. The molecule has 0 radical (unpaired) electrons. The average molecular weight is 332 g/mol. The van der Waals surface area contributed by atoms with Crippen LogP contribution >= 0.6 is 0 Å². The van der Waals surface area contributed by atoms with Crippen molar-refractivity contribution >= 4 is 5.97 Å². The molecule has 0 saturated carbocycles. The molecule has 128 valence electrons. The van der Waals surface area contributed by atoms with Gasteiger partial charge in [0.1, 0.15) is 0 Å². The SMILES string of the molecule is CC1(C)CCC(C)(C)c2cc(C#Cc3ccc(C(=O)O)cc3)ccc21. The van der Waals surface area contributed by atoms with Crippen LogP contribution in [-0.2, 0) is 10.8 Å². The summed E-state index contributed by atoms with van der Waals surface area (Å²) in [6.45, 7) is 9.25. The maximum absolute atomic E-state index is 10.9. The van der Waals surface area contributed by atoms with Crippen LogP contribution in [0.15, 0.2) is 42.5 Å². The third kappa shape index (κ3) is 3.46. The minimum absolute atomic E-state index is 0.172. The summed E-state index contributed by atoms with van der Waals surface area (Å²) in [6.07, 6.45) is 2.38. The smallest absolute Gasteiger partial charge is 0.335 e. The summed E-state index contributed by atoms with van der Waals surface area (Å²) < 4.78 is 0. The fraction of sp³-hybridized carbons (Fsp3) is 0.348. The lowest BCUT2D eigenvalue weighted by molar-refractivity contribution is 0.0697. The molecule has 25 heavy (non-hydrogen) atoms. The summed E-state index contributed by atoms with van der Waals surface area (Å²) in [4.78, 5) is 10.9. The first kappa shape index (κ1) is 17.3. The van der Waals surface area contributed by atoms with Crippen molar-refractivity contribution in [2.45, 2.75) is 51.4 Å². The maximum atomic E-state index is 10.9. The monoisotopic (exact) mass is 332 g/mol. The molecule has 0 spiro atoms. The summed E-state index contributed by atoms with van der Waals surface area (Å²) in [5.41, 5.74) is 5.32. The molecule has 0 amide bonds. The second-order valence-electron chi connectivity index (χ2n) is 8.16. The zero-order valence-electron chi connectivity index (χ0n) is 15.3. The second kappa shape index (κ2) is 6.08. The Hall–Kier alpha value is -2.53. The molecular weight excluding hydrogens is 308 g/mol. The number of hydrogen-bond donors (Lipinski definition) is 1. The molecule has 0 bridgehead atoms.